The number of halogens is 1. The molecule has 0 aromatic heterocycles. The average molecular weight is 188 g/mol. The number of alkyl halides is 1. The van der Waals surface area contributed by atoms with Gasteiger partial charge in [-0.25, -0.2) is 0 Å². The van der Waals surface area contributed by atoms with Crippen LogP contribution in [0.15, 0.2) is 0 Å². The minimum Gasteiger partial charge on any atom is -0.127 e. The molecule has 0 bridgehead atoms. The number of hydrogen-bond acceptors (Lipinski definition) is 0. The van der Waals surface area contributed by atoms with Crippen molar-refractivity contribution in [3.63, 3.8) is 0 Å². The first kappa shape index (κ1) is 10.4. The standard InChI is InChI=1S/C11H20Cl/c12-10-9-11-7-5-3-1-2-4-6-8-11/h1-10H2. The van der Waals surface area contributed by atoms with E-state index in [0.29, 0.717) is 0 Å². The highest BCUT2D eigenvalue weighted by Gasteiger charge is 2.09. The molecule has 1 fully saturated rings. The van der Waals surface area contributed by atoms with Gasteiger partial charge in [0.05, 0.1) is 0 Å². The van der Waals surface area contributed by atoms with Gasteiger partial charge in [-0.3, -0.25) is 0 Å². The number of hydrogen-bond donors (Lipinski definition) is 0. The molecular formula is C11H20Cl. The lowest BCUT2D eigenvalue weighted by molar-refractivity contribution is 0.624. The van der Waals surface area contributed by atoms with Crippen LogP contribution in [0.5, 0.6) is 0 Å². The van der Waals surface area contributed by atoms with Gasteiger partial charge in [-0.2, -0.15) is 0 Å². The van der Waals surface area contributed by atoms with Crippen LogP contribution in [0.1, 0.15) is 57.8 Å². The second kappa shape index (κ2) is 6.77. The lowest BCUT2D eigenvalue weighted by Gasteiger charge is -2.12. The molecule has 1 aliphatic rings. The highest BCUT2D eigenvalue weighted by atomic mass is 35.5. The minimum atomic E-state index is 0.829. The second-order valence-electron chi connectivity index (χ2n) is 3.81. The summed E-state index contributed by atoms with van der Waals surface area (Å²) in [4.78, 5) is 0. The van der Waals surface area contributed by atoms with E-state index < -0.39 is 0 Å². The molecule has 0 amide bonds. The first-order valence-electron chi connectivity index (χ1n) is 5.33. The summed E-state index contributed by atoms with van der Waals surface area (Å²) in [6.45, 7) is 0. The van der Waals surface area contributed by atoms with Crippen molar-refractivity contribution in [1.29, 1.82) is 0 Å². The molecular weight excluding hydrogens is 168 g/mol. The van der Waals surface area contributed by atoms with Crippen LogP contribution in [0, 0.1) is 5.92 Å². The van der Waals surface area contributed by atoms with Gasteiger partial charge in [0.25, 0.3) is 0 Å². The van der Waals surface area contributed by atoms with Crippen molar-refractivity contribution < 1.29 is 0 Å². The van der Waals surface area contributed by atoms with E-state index in [1.807, 2.05) is 0 Å². The van der Waals surface area contributed by atoms with E-state index in [1.54, 1.807) is 5.92 Å². The molecule has 12 heavy (non-hydrogen) atoms. The van der Waals surface area contributed by atoms with E-state index in [-0.39, 0.29) is 0 Å². The van der Waals surface area contributed by atoms with Crippen molar-refractivity contribution in [1.82, 2.24) is 0 Å². The van der Waals surface area contributed by atoms with Gasteiger partial charge in [0.15, 0.2) is 0 Å². The number of rotatable bonds is 2. The highest BCUT2D eigenvalue weighted by molar-refractivity contribution is 6.17. The largest absolute Gasteiger partial charge is 0.127 e. The van der Waals surface area contributed by atoms with Crippen molar-refractivity contribution in [2.45, 2.75) is 57.8 Å². The van der Waals surface area contributed by atoms with E-state index in [4.69, 9.17) is 11.6 Å². The van der Waals surface area contributed by atoms with Crippen molar-refractivity contribution in [2.24, 2.45) is 0 Å². The Labute approximate surface area is 81.7 Å². The Morgan fingerprint density at radius 3 is 1.83 bits per heavy atom. The molecule has 1 rings (SSSR count). The van der Waals surface area contributed by atoms with Gasteiger partial charge < -0.3 is 0 Å². The van der Waals surface area contributed by atoms with E-state index >= 15 is 0 Å². The normalized spacial score (nSPS) is 22.8. The summed E-state index contributed by atoms with van der Waals surface area (Å²) in [6, 6.07) is 0. The van der Waals surface area contributed by atoms with E-state index in [0.717, 1.165) is 5.88 Å². The van der Waals surface area contributed by atoms with Gasteiger partial charge in [0, 0.05) is 5.88 Å². The Balaban J connectivity index is 2.19. The molecule has 1 heteroatoms. The predicted octanol–water partition coefficient (Wildman–Crippen LogP) is 4.32. The Bertz CT molecular complexity index is 91.2. The van der Waals surface area contributed by atoms with E-state index in [1.165, 1.54) is 57.8 Å². The third kappa shape index (κ3) is 4.35. The smallest absolute Gasteiger partial charge is 0.0228 e. The van der Waals surface area contributed by atoms with Crippen molar-refractivity contribution >= 4 is 11.6 Å². The Morgan fingerprint density at radius 2 is 1.33 bits per heavy atom. The lowest BCUT2D eigenvalue weighted by atomic mass is 9.95. The molecule has 0 saturated heterocycles. The van der Waals surface area contributed by atoms with Gasteiger partial charge in [-0.05, 0) is 25.2 Å². The first-order valence-corrected chi connectivity index (χ1v) is 5.86. The summed E-state index contributed by atoms with van der Waals surface area (Å²) in [5, 5.41) is 0. The summed E-state index contributed by atoms with van der Waals surface area (Å²) in [5.74, 6) is 2.56. The van der Waals surface area contributed by atoms with Gasteiger partial charge in [-0.1, -0.05) is 38.5 Å². The topological polar surface area (TPSA) is 0 Å². The van der Waals surface area contributed by atoms with Crippen molar-refractivity contribution in [3.8, 4) is 0 Å². The molecule has 1 saturated carbocycles. The maximum atomic E-state index is 5.75. The van der Waals surface area contributed by atoms with Gasteiger partial charge in [0.1, 0.15) is 0 Å². The van der Waals surface area contributed by atoms with Crippen LogP contribution in [0.25, 0.3) is 0 Å². The summed E-state index contributed by atoms with van der Waals surface area (Å²) < 4.78 is 0. The quantitative estimate of drug-likeness (QED) is 0.565. The van der Waals surface area contributed by atoms with Crippen LogP contribution in [-0.2, 0) is 0 Å². The molecule has 0 nitrogen and oxygen atoms in total. The molecule has 0 N–H and O–H groups in total. The SMILES string of the molecule is ClCC[C]1CCCCCCCC1. The van der Waals surface area contributed by atoms with Gasteiger partial charge in [-0.15, -0.1) is 11.6 Å². The van der Waals surface area contributed by atoms with Gasteiger partial charge >= 0.3 is 0 Å². The third-order valence-corrected chi connectivity index (χ3v) is 2.95. The molecule has 0 heterocycles. The van der Waals surface area contributed by atoms with Gasteiger partial charge in [0.2, 0.25) is 0 Å². The summed E-state index contributed by atoms with van der Waals surface area (Å²) in [7, 11) is 0. The summed E-state index contributed by atoms with van der Waals surface area (Å²) in [6.07, 6.45) is 12.5. The summed E-state index contributed by atoms with van der Waals surface area (Å²) >= 11 is 5.75. The maximum Gasteiger partial charge on any atom is 0.0228 e. The molecule has 0 aromatic carbocycles. The molecule has 0 atom stereocenters. The Morgan fingerprint density at radius 1 is 0.833 bits per heavy atom. The second-order valence-corrected chi connectivity index (χ2v) is 4.19. The van der Waals surface area contributed by atoms with E-state index in [9.17, 15) is 0 Å². The average Bonchev–Trinajstić information content (AvgIpc) is 2.19. The Hall–Kier alpha value is 0.290. The molecule has 71 valence electrons. The fraction of sp³-hybridized carbons (Fsp3) is 0.909. The fourth-order valence-corrected chi connectivity index (χ4v) is 2.23. The maximum absolute atomic E-state index is 5.75. The van der Waals surface area contributed by atoms with Crippen LogP contribution in [0.3, 0.4) is 0 Å². The zero-order valence-corrected chi connectivity index (χ0v) is 8.70. The highest BCUT2D eigenvalue weighted by Crippen LogP contribution is 2.26. The zero-order valence-electron chi connectivity index (χ0n) is 7.95. The molecule has 1 aliphatic carbocycles. The van der Waals surface area contributed by atoms with Crippen molar-refractivity contribution in [3.05, 3.63) is 5.92 Å². The van der Waals surface area contributed by atoms with Crippen LogP contribution < -0.4 is 0 Å². The fourth-order valence-electron chi connectivity index (χ4n) is 1.97. The first-order chi connectivity index (χ1) is 5.93. The lowest BCUT2D eigenvalue weighted by Crippen LogP contribution is -1.98. The van der Waals surface area contributed by atoms with Crippen LogP contribution in [0.4, 0.5) is 0 Å². The molecule has 0 unspecified atom stereocenters. The Kier molecular flexibility index (Phi) is 5.85. The molecule has 0 spiro atoms. The summed E-state index contributed by atoms with van der Waals surface area (Å²) in [5.41, 5.74) is 0. The van der Waals surface area contributed by atoms with Crippen LogP contribution in [0.2, 0.25) is 0 Å². The molecule has 0 aliphatic heterocycles. The van der Waals surface area contributed by atoms with Crippen LogP contribution in [-0.4, -0.2) is 5.88 Å². The van der Waals surface area contributed by atoms with E-state index in [2.05, 4.69) is 0 Å². The van der Waals surface area contributed by atoms with Crippen molar-refractivity contribution in [2.75, 3.05) is 5.88 Å². The monoisotopic (exact) mass is 187 g/mol. The molecule has 1 radical (unpaired) electrons. The zero-order chi connectivity index (χ0) is 8.65. The van der Waals surface area contributed by atoms with Crippen LogP contribution >= 0.6 is 11.6 Å². The minimum absolute atomic E-state index is 0.829. The third-order valence-electron chi connectivity index (χ3n) is 2.76. The predicted molar refractivity (Wildman–Crippen MR) is 55.5 cm³/mol. The molecule has 0 aromatic rings.